The molecule has 1 aliphatic rings. The molecule has 128 valence electrons. The van der Waals surface area contributed by atoms with Crippen molar-refractivity contribution in [1.29, 1.82) is 0 Å². The van der Waals surface area contributed by atoms with E-state index in [0.29, 0.717) is 5.56 Å². The summed E-state index contributed by atoms with van der Waals surface area (Å²) < 4.78 is 26.2. The van der Waals surface area contributed by atoms with Crippen LogP contribution in [-0.2, 0) is 10.3 Å². The van der Waals surface area contributed by atoms with E-state index in [1.54, 1.807) is 37.3 Å². The molecule has 1 heterocycles. The first-order valence-corrected chi connectivity index (χ1v) is 7.51. The zero-order valence-electron chi connectivity index (χ0n) is 13.3. The number of nitrogens with one attached hydrogen (secondary N) is 1. The SMILES string of the molecule is CC1(c2ccccc2)NC(=O)N(CC(=O)c2ccc(F)c(F)c2)C1=O. The summed E-state index contributed by atoms with van der Waals surface area (Å²) in [6.07, 6.45) is 0. The van der Waals surface area contributed by atoms with Crippen LogP contribution in [0.25, 0.3) is 0 Å². The first-order valence-electron chi connectivity index (χ1n) is 7.51. The molecule has 0 spiro atoms. The molecule has 1 aliphatic heterocycles. The molecule has 1 atom stereocenters. The number of hydrogen-bond donors (Lipinski definition) is 1. The summed E-state index contributed by atoms with van der Waals surface area (Å²) >= 11 is 0. The van der Waals surface area contributed by atoms with E-state index in [-0.39, 0.29) is 5.56 Å². The van der Waals surface area contributed by atoms with Crippen LogP contribution in [0.3, 0.4) is 0 Å². The Morgan fingerprint density at radius 1 is 1.08 bits per heavy atom. The van der Waals surface area contributed by atoms with E-state index in [9.17, 15) is 23.2 Å². The molecular weight excluding hydrogens is 330 g/mol. The van der Waals surface area contributed by atoms with Crippen molar-refractivity contribution >= 4 is 17.7 Å². The summed E-state index contributed by atoms with van der Waals surface area (Å²) in [5, 5.41) is 2.57. The second kappa shape index (κ2) is 6.08. The van der Waals surface area contributed by atoms with Gasteiger partial charge in [-0.1, -0.05) is 30.3 Å². The van der Waals surface area contributed by atoms with Crippen molar-refractivity contribution in [2.75, 3.05) is 6.54 Å². The molecule has 0 aliphatic carbocycles. The van der Waals surface area contributed by atoms with Crippen LogP contribution in [0.5, 0.6) is 0 Å². The van der Waals surface area contributed by atoms with Crippen molar-refractivity contribution in [2.45, 2.75) is 12.5 Å². The number of rotatable bonds is 4. The molecule has 0 saturated carbocycles. The topological polar surface area (TPSA) is 66.5 Å². The minimum absolute atomic E-state index is 0.118. The van der Waals surface area contributed by atoms with E-state index in [2.05, 4.69) is 5.32 Å². The lowest BCUT2D eigenvalue weighted by molar-refractivity contribution is -0.130. The van der Waals surface area contributed by atoms with Crippen molar-refractivity contribution in [3.05, 3.63) is 71.3 Å². The van der Waals surface area contributed by atoms with Gasteiger partial charge in [0.2, 0.25) is 0 Å². The number of imide groups is 1. The Morgan fingerprint density at radius 3 is 2.40 bits per heavy atom. The summed E-state index contributed by atoms with van der Waals surface area (Å²) in [6, 6.07) is 10.6. The minimum Gasteiger partial charge on any atom is -0.319 e. The highest BCUT2D eigenvalue weighted by molar-refractivity contribution is 6.11. The Labute approximate surface area is 142 Å². The number of halogens is 2. The van der Waals surface area contributed by atoms with E-state index in [4.69, 9.17) is 0 Å². The number of nitrogens with zero attached hydrogens (tertiary/aromatic N) is 1. The monoisotopic (exact) mass is 344 g/mol. The van der Waals surface area contributed by atoms with E-state index in [1.165, 1.54) is 0 Å². The second-order valence-corrected chi connectivity index (χ2v) is 5.86. The normalized spacial score (nSPS) is 19.9. The standard InChI is InChI=1S/C18H14F2N2O3/c1-18(12-5-3-2-4-6-12)16(24)22(17(25)21-18)10-15(23)11-7-8-13(19)14(20)9-11/h2-9H,10H2,1H3,(H,21,25). The molecule has 2 aromatic carbocycles. The third-order valence-corrected chi connectivity index (χ3v) is 4.17. The quantitative estimate of drug-likeness (QED) is 0.685. The zero-order valence-corrected chi connectivity index (χ0v) is 13.3. The number of benzene rings is 2. The van der Waals surface area contributed by atoms with Crippen molar-refractivity contribution in [3.8, 4) is 0 Å². The van der Waals surface area contributed by atoms with Crippen LogP contribution >= 0.6 is 0 Å². The molecular formula is C18H14F2N2O3. The third-order valence-electron chi connectivity index (χ3n) is 4.17. The highest BCUT2D eigenvalue weighted by Crippen LogP contribution is 2.28. The lowest BCUT2D eigenvalue weighted by atomic mass is 9.92. The smallest absolute Gasteiger partial charge is 0.319 e. The van der Waals surface area contributed by atoms with E-state index < -0.39 is 41.4 Å². The highest BCUT2D eigenvalue weighted by atomic mass is 19.2. The molecule has 1 saturated heterocycles. The van der Waals surface area contributed by atoms with Crippen LogP contribution in [0.2, 0.25) is 0 Å². The first-order chi connectivity index (χ1) is 11.8. The van der Waals surface area contributed by atoms with Gasteiger partial charge in [-0.15, -0.1) is 0 Å². The average molecular weight is 344 g/mol. The van der Waals surface area contributed by atoms with Gasteiger partial charge in [-0.3, -0.25) is 14.5 Å². The van der Waals surface area contributed by atoms with Gasteiger partial charge in [-0.25, -0.2) is 13.6 Å². The molecule has 0 radical (unpaired) electrons. The van der Waals surface area contributed by atoms with Crippen LogP contribution in [0.4, 0.5) is 13.6 Å². The Morgan fingerprint density at radius 2 is 1.76 bits per heavy atom. The van der Waals surface area contributed by atoms with Crippen LogP contribution in [-0.4, -0.2) is 29.2 Å². The molecule has 5 nitrogen and oxygen atoms in total. The van der Waals surface area contributed by atoms with Crippen LogP contribution in [0, 0.1) is 11.6 Å². The Bertz CT molecular complexity index is 870. The fraction of sp³-hybridized carbons (Fsp3) is 0.167. The van der Waals surface area contributed by atoms with Gasteiger partial charge < -0.3 is 5.32 Å². The molecule has 3 amide bonds. The predicted molar refractivity (Wildman–Crippen MR) is 84.7 cm³/mol. The summed E-state index contributed by atoms with van der Waals surface area (Å²) in [5.74, 6) is -3.50. The summed E-state index contributed by atoms with van der Waals surface area (Å²) in [4.78, 5) is 37.9. The summed E-state index contributed by atoms with van der Waals surface area (Å²) in [5.41, 5.74) is -0.823. The molecule has 25 heavy (non-hydrogen) atoms. The van der Waals surface area contributed by atoms with Gasteiger partial charge in [-0.05, 0) is 30.7 Å². The molecule has 0 aromatic heterocycles. The second-order valence-electron chi connectivity index (χ2n) is 5.86. The summed E-state index contributed by atoms with van der Waals surface area (Å²) in [7, 11) is 0. The van der Waals surface area contributed by atoms with Gasteiger partial charge in [0.05, 0.1) is 6.54 Å². The number of urea groups is 1. The molecule has 1 N–H and O–H groups in total. The fourth-order valence-electron chi connectivity index (χ4n) is 2.71. The van der Waals surface area contributed by atoms with Crippen molar-refractivity contribution in [1.82, 2.24) is 10.2 Å². The van der Waals surface area contributed by atoms with Gasteiger partial charge in [-0.2, -0.15) is 0 Å². The maximum absolute atomic E-state index is 13.3. The number of carbonyl (C=O) groups excluding carboxylic acids is 3. The van der Waals surface area contributed by atoms with Gasteiger partial charge in [0.25, 0.3) is 5.91 Å². The number of ketones is 1. The van der Waals surface area contributed by atoms with Crippen molar-refractivity contribution in [2.24, 2.45) is 0 Å². The van der Waals surface area contributed by atoms with Crippen molar-refractivity contribution < 1.29 is 23.2 Å². The summed E-state index contributed by atoms with van der Waals surface area (Å²) in [6.45, 7) is 0.989. The molecule has 2 aromatic rings. The van der Waals surface area contributed by atoms with E-state index in [1.807, 2.05) is 0 Å². The molecule has 0 bridgehead atoms. The largest absolute Gasteiger partial charge is 0.325 e. The van der Waals surface area contributed by atoms with Gasteiger partial charge in [0, 0.05) is 5.56 Å². The zero-order chi connectivity index (χ0) is 18.2. The maximum atomic E-state index is 13.3. The van der Waals surface area contributed by atoms with E-state index in [0.717, 1.165) is 23.1 Å². The predicted octanol–water partition coefficient (Wildman–Crippen LogP) is 2.61. The van der Waals surface area contributed by atoms with Gasteiger partial charge >= 0.3 is 6.03 Å². The Hall–Kier alpha value is -3.09. The molecule has 1 unspecified atom stereocenters. The minimum atomic E-state index is -1.29. The van der Waals surface area contributed by atoms with Gasteiger partial charge in [0.1, 0.15) is 5.54 Å². The lowest BCUT2D eigenvalue weighted by Gasteiger charge is -2.22. The number of Topliss-reactive ketones (excluding diaryl/α,β-unsaturated/α-hetero) is 1. The van der Waals surface area contributed by atoms with Crippen molar-refractivity contribution in [3.63, 3.8) is 0 Å². The first kappa shape index (κ1) is 16.8. The van der Waals surface area contributed by atoms with E-state index >= 15 is 0 Å². The Balaban J connectivity index is 1.83. The maximum Gasteiger partial charge on any atom is 0.325 e. The third kappa shape index (κ3) is 2.88. The molecule has 7 heteroatoms. The molecule has 3 rings (SSSR count). The molecule has 1 fully saturated rings. The van der Waals surface area contributed by atoms with Gasteiger partial charge in [0.15, 0.2) is 17.4 Å². The lowest BCUT2D eigenvalue weighted by Crippen LogP contribution is -2.41. The van der Waals surface area contributed by atoms with Crippen LogP contribution in [0.1, 0.15) is 22.8 Å². The number of hydrogen-bond acceptors (Lipinski definition) is 3. The van der Waals surface area contributed by atoms with Crippen LogP contribution < -0.4 is 5.32 Å². The van der Waals surface area contributed by atoms with Crippen LogP contribution in [0.15, 0.2) is 48.5 Å². The highest BCUT2D eigenvalue weighted by Gasteiger charge is 2.49. The Kier molecular flexibility index (Phi) is 4.08. The average Bonchev–Trinajstić information content (AvgIpc) is 2.82. The number of carbonyl (C=O) groups is 3. The number of amides is 3. The fourth-order valence-corrected chi connectivity index (χ4v) is 2.71.